The molecule has 28 heavy (non-hydrogen) atoms. The Hall–Kier alpha value is -2.34. The summed E-state index contributed by atoms with van der Waals surface area (Å²) in [4.78, 5) is 12.8. The van der Waals surface area contributed by atoms with Gasteiger partial charge in [-0.1, -0.05) is 48.9 Å². The third-order valence-electron chi connectivity index (χ3n) is 4.61. The molecule has 0 aliphatic heterocycles. The fourth-order valence-electron chi connectivity index (χ4n) is 3.31. The maximum absolute atomic E-state index is 12.8. The number of benzene rings is 2. The number of aryl methyl sites for hydroxylation is 3. The number of amides is 1. The monoisotopic (exact) mass is 402 g/mol. The van der Waals surface area contributed by atoms with Crippen molar-refractivity contribution >= 4 is 21.6 Å². The molecule has 152 valence electrons. The number of rotatable bonds is 9. The lowest BCUT2D eigenvalue weighted by Gasteiger charge is -2.30. The molecule has 0 saturated heterocycles. The van der Waals surface area contributed by atoms with Crippen molar-refractivity contribution in [2.75, 3.05) is 17.1 Å². The van der Waals surface area contributed by atoms with Gasteiger partial charge in [-0.05, 0) is 56.4 Å². The van der Waals surface area contributed by atoms with Crippen molar-refractivity contribution in [3.63, 3.8) is 0 Å². The standard InChI is InChI=1S/C22H30N2O3S/c1-5-21(24(28(4,26)27)20-13-7-10-18(3)16-20)22(25)23-14-8-12-19-11-6-9-17(2)15-19/h6-7,9-11,13,15-16,21H,5,8,12,14H2,1-4H3,(H,23,25)/t21-/m1/s1. The van der Waals surface area contributed by atoms with E-state index in [1.165, 1.54) is 15.4 Å². The molecule has 0 aromatic heterocycles. The zero-order chi connectivity index (χ0) is 20.7. The number of nitrogens with zero attached hydrogens (tertiary/aromatic N) is 1. The van der Waals surface area contributed by atoms with Crippen molar-refractivity contribution < 1.29 is 13.2 Å². The Labute approximate surface area is 168 Å². The molecule has 1 atom stereocenters. The van der Waals surface area contributed by atoms with Crippen molar-refractivity contribution in [2.45, 2.75) is 46.1 Å². The number of anilines is 1. The summed E-state index contributed by atoms with van der Waals surface area (Å²) in [7, 11) is -3.60. The van der Waals surface area contributed by atoms with Crippen LogP contribution in [0.15, 0.2) is 48.5 Å². The Bertz CT molecular complexity index is 910. The van der Waals surface area contributed by atoms with Crippen molar-refractivity contribution in [3.05, 3.63) is 65.2 Å². The van der Waals surface area contributed by atoms with Gasteiger partial charge in [-0.15, -0.1) is 0 Å². The fourth-order valence-corrected chi connectivity index (χ4v) is 4.52. The van der Waals surface area contributed by atoms with E-state index in [1.54, 1.807) is 18.2 Å². The highest BCUT2D eigenvalue weighted by Crippen LogP contribution is 2.23. The van der Waals surface area contributed by atoms with Gasteiger partial charge in [-0.25, -0.2) is 8.42 Å². The van der Waals surface area contributed by atoms with Gasteiger partial charge < -0.3 is 5.32 Å². The minimum atomic E-state index is -3.60. The molecule has 0 aliphatic carbocycles. The van der Waals surface area contributed by atoms with Crippen LogP contribution < -0.4 is 9.62 Å². The molecule has 6 heteroatoms. The van der Waals surface area contributed by atoms with Gasteiger partial charge in [0, 0.05) is 6.54 Å². The van der Waals surface area contributed by atoms with Crippen LogP contribution in [-0.4, -0.2) is 33.2 Å². The van der Waals surface area contributed by atoms with Gasteiger partial charge in [0.15, 0.2) is 0 Å². The van der Waals surface area contributed by atoms with Crippen LogP contribution in [0, 0.1) is 13.8 Å². The maximum Gasteiger partial charge on any atom is 0.243 e. The first kappa shape index (κ1) is 22.0. The lowest BCUT2D eigenvalue weighted by atomic mass is 10.1. The van der Waals surface area contributed by atoms with Crippen LogP contribution in [0.1, 0.15) is 36.5 Å². The van der Waals surface area contributed by atoms with Crippen LogP contribution in [0.2, 0.25) is 0 Å². The van der Waals surface area contributed by atoms with Crippen molar-refractivity contribution in [1.29, 1.82) is 0 Å². The Kier molecular flexibility index (Phi) is 7.63. The topological polar surface area (TPSA) is 66.5 Å². The SMILES string of the molecule is CC[C@H](C(=O)NCCCc1cccc(C)c1)N(c1cccc(C)c1)S(C)(=O)=O. The third-order valence-corrected chi connectivity index (χ3v) is 5.79. The van der Waals surface area contributed by atoms with E-state index in [1.807, 2.05) is 26.0 Å². The number of hydrogen-bond acceptors (Lipinski definition) is 3. The summed E-state index contributed by atoms with van der Waals surface area (Å²) >= 11 is 0. The molecule has 0 bridgehead atoms. The number of hydrogen-bond donors (Lipinski definition) is 1. The summed E-state index contributed by atoms with van der Waals surface area (Å²) in [6.45, 7) is 6.29. The van der Waals surface area contributed by atoms with Crippen LogP contribution in [0.4, 0.5) is 5.69 Å². The van der Waals surface area contributed by atoms with E-state index >= 15 is 0 Å². The summed E-state index contributed by atoms with van der Waals surface area (Å²) < 4.78 is 26.1. The maximum atomic E-state index is 12.8. The first-order valence-electron chi connectivity index (χ1n) is 9.61. The van der Waals surface area contributed by atoms with Crippen molar-refractivity contribution in [3.8, 4) is 0 Å². The normalized spacial score (nSPS) is 12.4. The molecule has 0 unspecified atom stereocenters. The molecule has 0 heterocycles. The molecule has 0 fully saturated rings. The molecule has 0 aliphatic rings. The van der Waals surface area contributed by atoms with Crippen LogP contribution in [0.5, 0.6) is 0 Å². The zero-order valence-corrected chi connectivity index (χ0v) is 17.9. The second-order valence-corrected chi connectivity index (χ2v) is 9.06. The molecule has 0 saturated carbocycles. The Morgan fingerprint density at radius 3 is 2.29 bits per heavy atom. The van der Waals surface area contributed by atoms with E-state index in [9.17, 15) is 13.2 Å². The number of nitrogens with one attached hydrogen (secondary N) is 1. The summed E-state index contributed by atoms with van der Waals surface area (Å²) in [5.74, 6) is -0.265. The second kappa shape index (κ2) is 9.73. The van der Waals surface area contributed by atoms with Crippen LogP contribution >= 0.6 is 0 Å². The minimum Gasteiger partial charge on any atom is -0.354 e. The molecule has 2 aromatic rings. The number of carbonyl (C=O) groups excluding carboxylic acids is 1. The summed E-state index contributed by atoms with van der Waals surface area (Å²) in [6, 6.07) is 14.7. The Balaban J connectivity index is 2.05. The molecule has 1 amide bonds. The molecule has 1 N–H and O–H groups in total. The van der Waals surface area contributed by atoms with Crippen molar-refractivity contribution in [1.82, 2.24) is 5.32 Å². The van der Waals surface area contributed by atoms with Crippen molar-refractivity contribution in [2.24, 2.45) is 0 Å². The summed E-state index contributed by atoms with van der Waals surface area (Å²) in [5.41, 5.74) is 3.91. The highest BCUT2D eigenvalue weighted by atomic mass is 32.2. The van der Waals surface area contributed by atoms with E-state index in [-0.39, 0.29) is 5.91 Å². The summed E-state index contributed by atoms with van der Waals surface area (Å²) in [6.07, 6.45) is 3.20. The molecule has 5 nitrogen and oxygen atoms in total. The first-order chi connectivity index (χ1) is 13.2. The average molecular weight is 403 g/mol. The largest absolute Gasteiger partial charge is 0.354 e. The molecule has 0 radical (unpaired) electrons. The van der Waals surface area contributed by atoms with Gasteiger partial charge in [0.25, 0.3) is 0 Å². The van der Waals surface area contributed by atoms with Gasteiger partial charge in [0.1, 0.15) is 6.04 Å². The molecule has 2 aromatic carbocycles. The lowest BCUT2D eigenvalue weighted by molar-refractivity contribution is -0.122. The Morgan fingerprint density at radius 2 is 1.71 bits per heavy atom. The lowest BCUT2D eigenvalue weighted by Crippen LogP contribution is -2.49. The van der Waals surface area contributed by atoms with Gasteiger partial charge in [-0.2, -0.15) is 0 Å². The molecular formula is C22H30N2O3S. The predicted molar refractivity (Wildman–Crippen MR) is 115 cm³/mol. The van der Waals surface area contributed by atoms with Crippen LogP contribution in [0.3, 0.4) is 0 Å². The Morgan fingerprint density at radius 1 is 1.07 bits per heavy atom. The summed E-state index contributed by atoms with van der Waals surface area (Å²) in [5, 5.41) is 2.91. The van der Waals surface area contributed by atoms with Gasteiger partial charge in [0.2, 0.25) is 15.9 Å². The van der Waals surface area contributed by atoms with Crippen LogP contribution in [-0.2, 0) is 21.2 Å². The van der Waals surface area contributed by atoms with Gasteiger partial charge in [-0.3, -0.25) is 9.10 Å². The van der Waals surface area contributed by atoms with E-state index in [2.05, 4.69) is 30.4 Å². The van der Waals surface area contributed by atoms with E-state index in [0.717, 1.165) is 24.7 Å². The fraction of sp³-hybridized carbons (Fsp3) is 0.409. The minimum absolute atomic E-state index is 0.265. The second-order valence-electron chi connectivity index (χ2n) is 7.21. The van der Waals surface area contributed by atoms with Gasteiger partial charge >= 0.3 is 0 Å². The average Bonchev–Trinajstić information content (AvgIpc) is 2.62. The van der Waals surface area contributed by atoms with Crippen LogP contribution in [0.25, 0.3) is 0 Å². The van der Waals surface area contributed by atoms with E-state index in [0.29, 0.717) is 18.7 Å². The van der Waals surface area contributed by atoms with E-state index in [4.69, 9.17) is 0 Å². The van der Waals surface area contributed by atoms with E-state index < -0.39 is 16.1 Å². The number of sulfonamides is 1. The van der Waals surface area contributed by atoms with Gasteiger partial charge in [0.05, 0.1) is 11.9 Å². The smallest absolute Gasteiger partial charge is 0.243 e. The third kappa shape index (κ3) is 6.09. The molecule has 0 spiro atoms. The zero-order valence-electron chi connectivity index (χ0n) is 17.1. The molecule has 2 rings (SSSR count). The quantitative estimate of drug-likeness (QED) is 0.652. The number of carbonyl (C=O) groups is 1. The molecular weight excluding hydrogens is 372 g/mol. The first-order valence-corrected chi connectivity index (χ1v) is 11.5. The predicted octanol–water partition coefficient (Wildman–Crippen LogP) is 3.60. The highest BCUT2D eigenvalue weighted by molar-refractivity contribution is 7.92. The highest BCUT2D eigenvalue weighted by Gasteiger charge is 2.31.